The molecule has 1 aromatic carbocycles. The Morgan fingerprint density at radius 3 is 2.10 bits per heavy atom. The Morgan fingerprint density at radius 1 is 0.810 bits per heavy atom. The first kappa shape index (κ1) is 13.2. The van der Waals surface area contributed by atoms with Gasteiger partial charge in [0.05, 0.1) is 11.0 Å². The van der Waals surface area contributed by atoms with Gasteiger partial charge in [0, 0.05) is 18.5 Å². The first-order valence-corrected chi connectivity index (χ1v) is 5.65. The fraction of sp³-hybridized carbons (Fsp3) is 0. The van der Waals surface area contributed by atoms with Crippen LogP contribution in [0.2, 0.25) is 0 Å². The van der Waals surface area contributed by atoms with E-state index in [4.69, 9.17) is 4.74 Å². The van der Waals surface area contributed by atoms with Gasteiger partial charge < -0.3 is 4.74 Å². The number of pyridine rings is 1. The van der Waals surface area contributed by atoms with E-state index in [9.17, 15) is 17.6 Å². The van der Waals surface area contributed by atoms with Crippen molar-refractivity contribution in [3.05, 3.63) is 54.1 Å². The van der Waals surface area contributed by atoms with Crippen molar-refractivity contribution in [2.24, 2.45) is 0 Å². The Kier molecular flexibility index (Phi) is 3.13. The maximum atomic E-state index is 13.4. The Labute approximate surface area is 115 Å². The van der Waals surface area contributed by atoms with Gasteiger partial charge >= 0.3 is 0 Å². The molecule has 4 nitrogen and oxygen atoms in total. The Balaban J connectivity index is 2.06. The van der Waals surface area contributed by atoms with Gasteiger partial charge in [0.2, 0.25) is 17.4 Å². The topological polar surface area (TPSA) is 47.9 Å². The monoisotopic (exact) mass is 295 g/mol. The van der Waals surface area contributed by atoms with Gasteiger partial charge in [0.1, 0.15) is 5.75 Å². The van der Waals surface area contributed by atoms with Gasteiger partial charge in [0.25, 0.3) is 11.9 Å². The van der Waals surface area contributed by atoms with Gasteiger partial charge in [-0.25, -0.2) is 0 Å². The zero-order valence-electron chi connectivity index (χ0n) is 10.1. The largest absolute Gasteiger partial charge is 0.451 e. The molecule has 0 N–H and O–H groups in total. The van der Waals surface area contributed by atoms with E-state index in [1.165, 1.54) is 30.6 Å². The number of hydrogen-bond acceptors (Lipinski definition) is 4. The van der Waals surface area contributed by atoms with Crippen molar-refractivity contribution in [1.82, 2.24) is 15.0 Å². The van der Waals surface area contributed by atoms with Crippen molar-refractivity contribution in [3.8, 4) is 11.5 Å². The lowest BCUT2D eigenvalue weighted by molar-refractivity contribution is 0.343. The molecule has 2 heterocycles. The molecule has 3 aromatic rings. The number of nitrogens with zero attached hydrogens (tertiary/aromatic N) is 3. The van der Waals surface area contributed by atoms with Gasteiger partial charge in [-0.05, 0) is 12.1 Å². The summed E-state index contributed by atoms with van der Waals surface area (Å²) < 4.78 is 57.7. The van der Waals surface area contributed by atoms with E-state index in [1.807, 2.05) is 0 Å². The predicted octanol–water partition coefficient (Wildman–Crippen LogP) is 3.37. The number of ether oxygens (including phenoxy) is 1. The molecule has 0 aliphatic carbocycles. The maximum absolute atomic E-state index is 13.4. The molecule has 106 valence electrons. The number of halogens is 4. The first-order valence-electron chi connectivity index (χ1n) is 5.65. The molecule has 0 bridgehead atoms. The minimum atomic E-state index is -1.79. The smallest absolute Gasteiger partial charge is 0.255 e. The van der Waals surface area contributed by atoms with E-state index in [1.54, 1.807) is 0 Å². The molecule has 0 saturated heterocycles. The van der Waals surface area contributed by atoms with Crippen LogP contribution in [-0.2, 0) is 0 Å². The van der Waals surface area contributed by atoms with E-state index in [0.29, 0.717) is 11.0 Å². The van der Waals surface area contributed by atoms with E-state index >= 15 is 0 Å². The molecule has 0 spiro atoms. The van der Waals surface area contributed by atoms with Crippen LogP contribution < -0.4 is 4.74 Å². The summed E-state index contributed by atoms with van der Waals surface area (Å²) in [7, 11) is 0. The highest BCUT2D eigenvalue weighted by atomic mass is 19.2. The minimum Gasteiger partial charge on any atom is -0.451 e. The van der Waals surface area contributed by atoms with E-state index < -0.39 is 29.3 Å². The average Bonchev–Trinajstić information content (AvgIpc) is 2.49. The zero-order valence-corrected chi connectivity index (χ0v) is 10.1. The summed E-state index contributed by atoms with van der Waals surface area (Å²) in [5.41, 5.74) is 0.920. The van der Waals surface area contributed by atoms with Crippen LogP contribution >= 0.6 is 0 Å². The molecule has 21 heavy (non-hydrogen) atoms. The summed E-state index contributed by atoms with van der Waals surface area (Å²) in [6, 6.07) is 4.16. The zero-order chi connectivity index (χ0) is 15.0. The highest BCUT2D eigenvalue weighted by Gasteiger charge is 2.22. The Hall–Kier alpha value is -2.77. The molecule has 8 heteroatoms. The van der Waals surface area contributed by atoms with Gasteiger partial charge in [-0.15, -0.1) is 0 Å². The molecular formula is C13H5F4N3O. The van der Waals surface area contributed by atoms with Crippen molar-refractivity contribution in [3.63, 3.8) is 0 Å². The molecule has 0 unspecified atom stereocenters. The second-order valence-electron chi connectivity index (χ2n) is 3.96. The number of rotatable bonds is 2. The lowest BCUT2D eigenvalue weighted by Crippen LogP contribution is -2.03. The Bertz CT molecular complexity index is 815. The minimum absolute atomic E-state index is 0.0502. The van der Waals surface area contributed by atoms with Gasteiger partial charge in [-0.2, -0.15) is 22.5 Å². The summed E-state index contributed by atoms with van der Waals surface area (Å²) in [6.07, 6.45) is 2.88. The summed E-state index contributed by atoms with van der Waals surface area (Å²) in [4.78, 5) is 10.4. The molecule has 0 fully saturated rings. The van der Waals surface area contributed by atoms with Crippen LogP contribution in [0, 0.1) is 23.5 Å². The second kappa shape index (κ2) is 4.97. The van der Waals surface area contributed by atoms with Crippen LogP contribution in [0.15, 0.2) is 30.6 Å². The van der Waals surface area contributed by atoms with Crippen LogP contribution in [0.4, 0.5) is 17.6 Å². The van der Waals surface area contributed by atoms with E-state index in [2.05, 4.69) is 15.0 Å². The SMILES string of the molecule is Fc1nc(F)c(F)c(Oc2ccc3nccnc3c2)c1F. The molecule has 0 aliphatic rings. The average molecular weight is 295 g/mol. The standard InChI is InChI=1S/C13H5F4N3O/c14-9-11(10(15)13(17)20-12(9)16)21-6-1-2-7-8(5-6)19-4-3-18-7/h1-5H. The number of benzene rings is 1. The maximum Gasteiger partial charge on any atom is 0.255 e. The van der Waals surface area contributed by atoms with Crippen molar-refractivity contribution >= 4 is 11.0 Å². The van der Waals surface area contributed by atoms with E-state index in [-0.39, 0.29) is 5.75 Å². The molecule has 0 atom stereocenters. The first-order chi connectivity index (χ1) is 10.1. The van der Waals surface area contributed by atoms with Crippen LogP contribution in [-0.4, -0.2) is 15.0 Å². The molecule has 2 aromatic heterocycles. The number of fused-ring (bicyclic) bond motifs is 1. The summed E-state index contributed by atoms with van der Waals surface area (Å²) in [6.45, 7) is 0. The summed E-state index contributed by atoms with van der Waals surface area (Å²) in [5.74, 6) is -8.26. The lowest BCUT2D eigenvalue weighted by atomic mass is 10.3. The van der Waals surface area contributed by atoms with Gasteiger partial charge in [-0.3, -0.25) is 9.97 Å². The normalized spacial score (nSPS) is 10.9. The summed E-state index contributed by atoms with van der Waals surface area (Å²) >= 11 is 0. The quantitative estimate of drug-likeness (QED) is 0.537. The molecule has 0 radical (unpaired) electrons. The van der Waals surface area contributed by atoms with Crippen molar-refractivity contribution in [2.75, 3.05) is 0 Å². The van der Waals surface area contributed by atoms with Crippen LogP contribution in [0.1, 0.15) is 0 Å². The third-order valence-electron chi connectivity index (χ3n) is 2.62. The molecule has 0 amide bonds. The lowest BCUT2D eigenvalue weighted by Gasteiger charge is -2.08. The fourth-order valence-corrected chi connectivity index (χ4v) is 1.68. The van der Waals surface area contributed by atoms with Crippen LogP contribution in [0.3, 0.4) is 0 Å². The van der Waals surface area contributed by atoms with Crippen molar-refractivity contribution < 1.29 is 22.3 Å². The molecule has 3 rings (SSSR count). The van der Waals surface area contributed by atoms with E-state index in [0.717, 1.165) is 0 Å². The van der Waals surface area contributed by atoms with Crippen LogP contribution in [0.25, 0.3) is 11.0 Å². The Morgan fingerprint density at radius 2 is 1.43 bits per heavy atom. The third kappa shape index (κ3) is 2.35. The van der Waals surface area contributed by atoms with Crippen molar-refractivity contribution in [2.45, 2.75) is 0 Å². The highest BCUT2D eigenvalue weighted by Crippen LogP contribution is 2.30. The van der Waals surface area contributed by atoms with Crippen LogP contribution in [0.5, 0.6) is 11.5 Å². The highest BCUT2D eigenvalue weighted by molar-refractivity contribution is 5.75. The number of hydrogen-bond donors (Lipinski definition) is 0. The number of aromatic nitrogens is 3. The molecule has 0 saturated carbocycles. The van der Waals surface area contributed by atoms with Gasteiger partial charge in [0.15, 0.2) is 0 Å². The second-order valence-corrected chi connectivity index (χ2v) is 3.96. The summed E-state index contributed by atoms with van der Waals surface area (Å²) in [5, 5.41) is 0. The fourth-order valence-electron chi connectivity index (χ4n) is 1.68. The molecule has 0 aliphatic heterocycles. The van der Waals surface area contributed by atoms with Crippen molar-refractivity contribution in [1.29, 1.82) is 0 Å². The predicted molar refractivity (Wildman–Crippen MR) is 63.7 cm³/mol. The third-order valence-corrected chi connectivity index (χ3v) is 2.62. The molecular weight excluding hydrogens is 290 g/mol. The van der Waals surface area contributed by atoms with Gasteiger partial charge in [-0.1, -0.05) is 0 Å².